The molecular formula is C21H32FN3O2. The third-order valence-corrected chi connectivity index (χ3v) is 6.17. The van der Waals surface area contributed by atoms with Gasteiger partial charge in [-0.1, -0.05) is 0 Å². The maximum Gasteiger partial charge on any atom is 0.222 e. The number of hydrogen-bond donors (Lipinski definition) is 0. The van der Waals surface area contributed by atoms with E-state index in [4.69, 9.17) is 4.74 Å². The van der Waals surface area contributed by atoms with Crippen molar-refractivity contribution in [1.29, 1.82) is 0 Å². The molecule has 1 aromatic rings. The van der Waals surface area contributed by atoms with Crippen molar-refractivity contribution in [3.8, 4) is 5.75 Å². The number of hydrogen-bond acceptors (Lipinski definition) is 4. The molecule has 0 N–H and O–H groups in total. The number of likely N-dealkylation sites (tertiary alicyclic amines) is 1. The van der Waals surface area contributed by atoms with Crippen molar-refractivity contribution in [2.24, 2.45) is 0 Å². The molecule has 0 bridgehead atoms. The van der Waals surface area contributed by atoms with Crippen molar-refractivity contribution in [1.82, 2.24) is 14.7 Å². The zero-order valence-electron chi connectivity index (χ0n) is 16.6. The van der Waals surface area contributed by atoms with Crippen LogP contribution in [0.5, 0.6) is 5.75 Å². The maximum atomic E-state index is 12.9. The average Bonchev–Trinajstić information content (AvgIpc) is 2.83. The predicted octanol–water partition coefficient (Wildman–Crippen LogP) is 2.61. The van der Waals surface area contributed by atoms with Gasteiger partial charge in [0.15, 0.2) is 0 Å². The number of halogens is 1. The molecule has 2 aliphatic heterocycles. The molecule has 0 aliphatic carbocycles. The number of carbonyl (C=O) groups is 1. The van der Waals surface area contributed by atoms with Crippen molar-refractivity contribution in [2.45, 2.75) is 38.1 Å². The highest BCUT2D eigenvalue weighted by Crippen LogP contribution is 2.32. The fourth-order valence-electron chi connectivity index (χ4n) is 4.31. The Kier molecular flexibility index (Phi) is 6.71. The Bertz CT molecular complexity index is 624. The van der Waals surface area contributed by atoms with Gasteiger partial charge in [0.05, 0.1) is 6.61 Å². The highest BCUT2D eigenvalue weighted by atomic mass is 19.1. The molecule has 1 aromatic carbocycles. The van der Waals surface area contributed by atoms with Gasteiger partial charge in [0, 0.05) is 51.2 Å². The van der Waals surface area contributed by atoms with E-state index >= 15 is 0 Å². The molecule has 3 rings (SSSR count). The SMILES string of the molecule is CCN1CCC2(CCC1=O)CN(CCCOc1ccc(F)cc1)CCN2C. The molecule has 1 atom stereocenters. The van der Waals surface area contributed by atoms with Gasteiger partial charge >= 0.3 is 0 Å². The third-order valence-electron chi connectivity index (χ3n) is 6.17. The fourth-order valence-corrected chi connectivity index (χ4v) is 4.31. The summed E-state index contributed by atoms with van der Waals surface area (Å²) in [5.41, 5.74) is 0.107. The quantitative estimate of drug-likeness (QED) is 0.714. The summed E-state index contributed by atoms with van der Waals surface area (Å²) in [7, 11) is 2.21. The molecule has 1 spiro atoms. The highest BCUT2D eigenvalue weighted by Gasteiger charge is 2.41. The molecule has 150 valence electrons. The Morgan fingerprint density at radius 3 is 2.67 bits per heavy atom. The van der Waals surface area contributed by atoms with Gasteiger partial charge in [0.25, 0.3) is 0 Å². The Labute approximate surface area is 162 Å². The normalized spacial score (nSPS) is 25.0. The number of likely N-dealkylation sites (N-methyl/N-ethyl adjacent to an activating group) is 1. The van der Waals surface area contributed by atoms with E-state index in [-0.39, 0.29) is 11.4 Å². The molecule has 1 unspecified atom stereocenters. The molecule has 2 aliphatic rings. The highest BCUT2D eigenvalue weighted by molar-refractivity contribution is 5.76. The van der Waals surface area contributed by atoms with Gasteiger partial charge in [0.2, 0.25) is 5.91 Å². The number of amides is 1. The predicted molar refractivity (Wildman–Crippen MR) is 104 cm³/mol. The van der Waals surface area contributed by atoms with E-state index in [2.05, 4.69) is 23.8 Å². The standard InChI is InChI=1S/C21H32FN3O2/c1-3-25-13-11-21(10-9-20(25)26)17-24(15-14-23(21)2)12-4-16-27-19-7-5-18(22)6-8-19/h5-8H,3-4,9-17H2,1-2H3. The van der Waals surface area contributed by atoms with E-state index in [1.165, 1.54) is 12.1 Å². The number of ether oxygens (including phenoxy) is 1. The Hall–Kier alpha value is -1.66. The monoisotopic (exact) mass is 377 g/mol. The molecule has 1 amide bonds. The van der Waals surface area contributed by atoms with Crippen LogP contribution in [0.15, 0.2) is 24.3 Å². The number of carbonyl (C=O) groups excluding carboxylic acids is 1. The van der Waals surface area contributed by atoms with Crippen molar-refractivity contribution in [3.05, 3.63) is 30.1 Å². The van der Waals surface area contributed by atoms with E-state index < -0.39 is 0 Å². The van der Waals surface area contributed by atoms with E-state index in [1.54, 1.807) is 12.1 Å². The summed E-state index contributed by atoms with van der Waals surface area (Å²) >= 11 is 0. The van der Waals surface area contributed by atoms with Crippen LogP contribution in [-0.4, -0.2) is 79.1 Å². The molecule has 2 saturated heterocycles. The van der Waals surface area contributed by atoms with E-state index in [0.29, 0.717) is 24.7 Å². The zero-order chi connectivity index (χ0) is 19.3. The first kappa shape index (κ1) is 20.1. The minimum Gasteiger partial charge on any atom is -0.494 e. The summed E-state index contributed by atoms with van der Waals surface area (Å²) in [4.78, 5) is 19.3. The second-order valence-corrected chi connectivity index (χ2v) is 7.80. The van der Waals surface area contributed by atoms with Crippen LogP contribution < -0.4 is 4.74 Å². The minimum absolute atomic E-state index is 0.107. The minimum atomic E-state index is -0.242. The topological polar surface area (TPSA) is 36.0 Å². The second-order valence-electron chi connectivity index (χ2n) is 7.80. The van der Waals surface area contributed by atoms with Crippen LogP contribution in [0.2, 0.25) is 0 Å². The smallest absolute Gasteiger partial charge is 0.222 e. The fraction of sp³-hybridized carbons (Fsp3) is 0.667. The van der Waals surface area contributed by atoms with Crippen molar-refractivity contribution in [3.63, 3.8) is 0 Å². The van der Waals surface area contributed by atoms with Gasteiger partial charge in [-0.25, -0.2) is 4.39 Å². The van der Waals surface area contributed by atoms with E-state index in [1.807, 2.05) is 4.90 Å². The Balaban J connectivity index is 1.49. The summed E-state index contributed by atoms with van der Waals surface area (Å²) in [5, 5.41) is 0. The second kappa shape index (κ2) is 9.02. The molecule has 6 heteroatoms. The molecule has 2 heterocycles. The largest absolute Gasteiger partial charge is 0.494 e. The summed E-state index contributed by atoms with van der Waals surface area (Å²) in [6, 6.07) is 6.18. The van der Waals surface area contributed by atoms with Crippen LogP contribution in [0.25, 0.3) is 0 Å². The van der Waals surface area contributed by atoms with Crippen molar-refractivity contribution in [2.75, 3.05) is 52.9 Å². The molecular weight excluding hydrogens is 345 g/mol. The Morgan fingerprint density at radius 2 is 1.93 bits per heavy atom. The summed E-state index contributed by atoms with van der Waals surface area (Å²) in [5.74, 6) is 0.773. The van der Waals surface area contributed by atoms with Gasteiger partial charge in [-0.15, -0.1) is 0 Å². The lowest BCUT2D eigenvalue weighted by atomic mass is 9.86. The van der Waals surface area contributed by atoms with Crippen LogP contribution in [0.1, 0.15) is 32.6 Å². The summed E-state index contributed by atoms with van der Waals surface area (Å²) in [6.07, 6.45) is 3.59. The van der Waals surface area contributed by atoms with Gasteiger partial charge in [-0.05, 0) is 57.5 Å². The third kappa shape index (κ3) is 4.99. The number of piperazine rings is 1. The maximum absolute atomic E-state index is 12.9. The lowest BCUT2D eigenvalue weighted by molar-refractivity contribution is -0.130. The molecule has 0 aromatic heterocycles. The molecule has 2 fully saturated rings. The Morgan fingerprint density at radius 1 is 1.15 bits per heavy atom. The molecule has 0 saturated carbocycles. The van der Waals surface area contributed by atoms with E-state index in [0.717, 1.165) is 58.5 Å². The zero-order valence-corrected chi connectivity index (χ0v) is 16.6. The summed E-state index contributed by atoms with van der Waals surface area (Å²) in [6.45, 7) is 8.47. The molecule has 5 nitrogen and oxygen atoms in total. The average molecular weight is 378 g/mol. The first-order valence-electron chi connectivity index (χ1n) is 10.1. The van der Waals surface area contributed by atoms with Crippen LogP contribution in [-0.2, 0) is 4.79 Å². The van der Waals surface area contributed by atoms with Crippen LogP contribution in [0.3, 0.4) is 0 Å². The van der Waals surface area contributed by atoms with Crippen molar-refractivity contribution >= 4 is 5.91 Å². The van der Waals surface area contributed by atoms with Gasteiger partial charge in [-0.2, -0.15) is 0 Å². The van der Waals surface area contributed by atoms with Crippen molar-refractivity contribution < 1.29 is 13.9 Å². The van der Waals surface area contributed by atoms with Gasteiger partial charge in [0.1, 0.15) is 11.6 Å². The van der Waals surface area contributed by atoms with E-state index in [9.17, 15) is 9.18 Å². The molecule has 27 heavy (non-hydrogen) atoms. The summed E-state index contributed by atoms with van der Waals surface area (Å²) < 4.78 is 18.7. The van der Waals surface area contributed by atoms with Gasteiger partial charge < -0.3 is 14.5 Å². The van der Waals surface area contributed by atoms with Crippen LogP contribution in [0.4, 0.5) is 4.39 Å². The lowest BCUT2D eigenvalue weighted by Crippen LogP contribution is -2.61. The molecule has 0 radical (unpaired) electrons. The number of benzene rings is 1. The lowest BCUT2D eigenvalue weighted by Gasteiger charge is -2.49. The van der Waals surface area contributed by atoms with Crippen LogP contribution >= 0.6 is 0 Å². The van der Waals surface area contributed by atoms with Gasteiger partial charge in [-0.3, -0.25) is 9.69 Å². The number of rotatable bonds is 6. The number of nitrogens with zero attached hydrogens (tertiary/aromatic N) is 3. The first-order chi connectivity index (χ1) is 13.0. The van der Waals surface area contributed by atoms with Crippen LogP contribution in [0, 0.1) is 5.82 Å². The first-order valence-corrected chi connectivity index (χ1v) is 10.1.